The minimum Gasteiger partial charge on any atom is -0.457 e. The number of ether oxygens (including phenoxy) is 4. The molecule has 1 aliphatic rings. The summed E-state index contributed by atoms with van der Waals surface area (Å²) < 4.78 is 59.3. The maximum atomic E-state index is 12.9. The van der Waals surface area contributed by atoms with Crippen molar-refractivity contribution >= 4 is 16.4 Å². The van der Waals surface area contributed by atoms with Gasteiger partial charge in [-0.15, -0.1) is 0 Å². The van der Waals surface area contributed by atoms with E-state index in [1.54, 1.807) is 0 Å². The van der Waals surface area contributed by atoms with Crippen molar-refractivity contribution in [1.82, 2.24) is 0 Å². The Labute approximate surface area is 421 Å². The molecule has 0 aliphatic carbocycles. The summed E-state index contributed by atoms with van der Waals surface area (Å²) in [5.74, 6) is -0.404. The number of carbonyl (C=O) groups excluding carboxylic acids is 1. The average Bonchev–Trinajstić information content (AvgIpc) is 3.32. The maximum absolute atomic E-state index is 12.9. The Morgan fingerprint density at radius 3 is 1.41 bits per heavy atom. The van der Waals surface area contributed by atoms with Gasteiger partial charge >= 0.3 is 16.4 Å². The largest absolute Gasteiger partial charge is 0.457 e. The molecule has 0 radical (unpaired) electrons. The van der Waals surface area contributed by atoms with Crippen LogP contribution in [0.3, 0.4) is 0 Å². The van der Waals surface area contributed by atoms with Gasteiger partial charge in [0, 0.05) is 13.0 Å². The van der Waals surface area contributed by atoms with Crippen LogP contribution in [0.5, 0.6) is 0 Å². The first kappa shape index (κ1) is 65.1. The van der Waals surface area contributed by atoms with Gasteiger partial charge in [-0.1, -0.05) is 204 Å². The minimum atomic E-state index is -5.07. The second-order valence-corrected chi connectivity index (χ2v) is 20.2. The first-order valence-corrected chi connectivity index (χ1v) is 29.3. The summed E-state index contributed by atoms with van der Waals surface area (Å²) in [6, 6.07) is 0. The second-order valence-electron chi connectivity index (χ2n) is 19.2. The van der Waals surface area contributed by atoms with Crippen molar-refractivity contribution in [2.24, 2.45) is 0 Å². The summed E-state index contributed by atoms with van der Waals surface area (Å²) in [5, 5.41) is 30.8. The molecule has 13 heteroatoms. The fraction of sp³-hybridized carbons (Fsp3) is 0.839. The van der Waals surface area contributed by atoms with Crippen LogP contribution in [-0.4, -0.2) is 97.5 Å². The van der Waals surface area contributed by atoms with Crippen molar-refractivity contribution in [2.45, 2.75) is 275 Å². The Morgan fingerprint density at radius 1 is 0.551 bits per heavy atom. The van der Waals surface area contributed by atoms with Crippen LogP contribution < -0.4 is 0 Å². The van der Waals surface area contributed by atoms with Crippen LogP contribution in [0.2, 0.25) is 0 Å². The highest BCUT2D eigenvalue weighted by Crippen LogP contribution is 2.26. The molecule has 0 aromatic rings. The zero-order valence-electron chi connectivity index (χ0n) is 43.6. The summed E-state index contributed by atoms with van der Waals surface area (Å²) >= 11 is 0. The molecular weight excluding hydrogens is 897 g/mol. The molecular formula is C56H102O12S. The van der Waals surface area contributed by atoms with Gasteiger partial charge in [0.1, 0.15) is 30.5 Å². The molecule has 6 atom stereocenters. The van der Waals surface area contributed by atoms with E-state index in [0.717, 1.165) is 64.2 Å². The van der Waals surface area contributed by atoms with Gasteiger partial charge in [-0.25, -0.2) is 4.18 Å². The van der Waals surface area contributed by atoms with E-state index in [9.17, 15) is 33.1 Å². The summed E-state index contributed by atoms with van der Waals surface area (Å²) in [6.07, 6.45) is 50.0. The monoisotopic (exact) mass is 999 g/mol. The van der Waals surface area contributed by atoms with Gasteiger partial charge in [-0.05, 0) is 77.0 Å². The van der Waals surface area contributed by atoms with Crippen molar-refractivity contribution in [3.05, 3.63) is 48.6 Å². The van der Waals surface area contributed by atoms with Gasteiger partial charge in [-0.2, -0.15) is 8.42 Å². The number of rotatable bonds is 49. The standard InChI is InChI=1S/C56H102O12S/c1-3-5-7-9-11-13-15-17-19-21-22-23-24-25-26-27-28-29-31-33-35-37-39-41-43-45-52(58)66-50(49-65-56-54(60)55(68-69(61,62)63)53(59)51(47-57)67-56)48-64-46-44-42-40-38-36-34-32-30-20-18-16-14-12-10-8-6-4-2/h15,17,20-22,24-25,30,50-51,53-57,59-60H,3-14,16,18-19,23,26-29,31-49H2,1-2H3,(H,61,62,63)/b17-15-,22-21-,25-24-,30-20-. The van der Waals surface area contributed by atoms with Crippen molar-refractivity contribution in [3.8, 4) is 0 Å². The van der Waals surface area contributed by atoms with E-state index in [1.165, 1.54) is 148 Å². The highest BCUT2D eigenvalue weighted by molar-refractivity contribution is 7.80. The molecule has 1 fully saturated rings. The Morgan fingerprint density at radius 2 is 0.957 bits per heavy atom. The number of esters is 1. The predicted octanol–water partition coefficient (Wildman–Crippen LogP) is 13.5. The topological polar surface area (TPSA) is 178 Å². The van der Waals surface area contributed by atoms with Crippen molar-refractivity contribution in [1.29, 1.82) is 0 Å². The molecule has 12 nitrogen and oxygen atoms in total. The number of allylic oxidation sites excluding steroid dienone is 8. The number of unbranched alkanes of at least 4 members (excludes halogenated alkanes) is 28. The molecule has 6 unspecified atom stereocenters. The molecule has 4 N–H and O–H groups in total. The van der Waals surface area contributed by atoms with E-state index in [4.69, 9.17) is 18.9 Å². The molecule has 0 bridgehead atoms. The number of aliphatic hydroxyl groups excluding tert-OH is 3. The van der Waals surface area contributed by atoms with Crippen LogP contribution in [0.25, 0.3) is 0 Å². The molecule has 0 amide bonds. The number of aliphatic hydroxyl groups is 3. The zero-order valence-corrected chi connectivity index (χ0v) is 44.4. The minimum absolute atomic E-state index is 0.0305. The number of hydrogen-bond acceptors (Lipinski definition) is 11. The van der Waals surface area contributed by atoms with Gasteiger partial charge in [0.05, 0.1) is 19.8 Å². The Kier molecular flexibility index (Phi) is 44.4. The third kappa shape index (κ3) is 40.3. The quantitative estimate of drug-likeness (QED) is 0.0196. The van der Waals surface area contributed by atoms with Crippen LogP contribution in [0.1, 0.15) is 239 Å². The lowest BCUT2D eigenvalue weighted by molar-refractivity contribution is -0.301. The fourth-order valence-corrected chi connectivity index (χ4v) is 8.95. The predicted molar refractivity (Wildman–Crippen MR) is 280 cm³/mol. The first-order valence-electron chi connectivity index (χ1n) is 27.9. The Balaban J connectivity index is 2.32. The first-order chi connectivity index (χ1) is 33.6. The highest BCUT2D eigenvalue weighted by atomic mass is 32.3. The lowest BCUT2D eigenvalue weighted by Gasteiger charge is -2.41. The lowest BCUT2D eigenvalue weighted by Crippen LogP contribution is -2.60. The summed E-state index contributed by atoms with van der Waals surface area (Å²) in [7, 11) is -5.07. The summed E-state index contributed by atoms with van der Waals surface area (Å²) in [4.78, 5) is 12.9. The molecule has 1 saturated heterocycles. The Bertz CT molecular complexity index is 1380. The van der Waals surface area contributed by atoms with Gasteiger partial charge < -0.3 is 34.3 Å². The molecule has 69 heavy (non-hydrogen) atoms. The normalized spacial score (nSPS) is 19.5. The number of hydrogen-bond donors (Lipinski definition) is 4. The summed E-state index contributed by atoms with van der Waals surface area (Å²) in [5.41, 5.74) is 0. The molecule has 0 saturated carbocycles. The highest BCUT2D eigenvalue weighted by Gasteiger charge is 2.48. The smallest absolute Gasteiger partial charge is 0.397 e. The van der Waals surface area contributed by atoms with Crippen molar-refractivity contribution < 1.29 is 56.2 Å². The van der Waals surface area contributed by atoms with Crippen LogP contribution in [0.4, 0.5) is 0 Å². The molecule has 0 aromatic carbocycles. The molecule has 1 heterocycles. The maximum Gasteiger partial charge on any atom is 0.397 e. The van der Waals surface area contributed by atoms with E-state index in [-0.39, 0.29) is 19.6 Å². The average molecular weight is 999 g/mol. The van der Waals surface area contributed by atoms with E-state index in [1.807, 2.05) is 0 Å². The van der Waals surface area contributed by atoms with Crippen molar-refractivity contribution in [2.75, 3.05) is 26.4 Å². The molecule has 1 rings (SSSR count). The SMILES string of the molecule is CCCCCCC/C=C\C/C=C\C/C=C\CCCCCCCCCCCCC(=O)OC(COCCCCCCCC/C=C\CCCCCCCCC)COC1OC(CO)C(O)C(OS(=O)(=O)O)C1O. The third-order valence-corrected chi connectivity index (χ3v) is 13.1. The van der Waals surface area contributed by atoms with E-state index < -0.39 is 59.8 Å². The van der Waals surface area contributed by atoms with Crippen LogP contribution in [-0.2, 0) is 38.3 Å². The van der Waals surface area contributed by atoms with E-state index in [0.29, 0.717) is 13.0 Å². The lowest BCUT2D eigenvalue weighted by atomic mass is 9.99. The number of carbonyl (C=O) groups is 1. The van der Waals surface area contributed by atoms with Crippen LogP contribution >= 0.6 is 0 Å². The van der Waals surface area contributed by atoms with Gasteiger partial charge in [-0.3, -0.25) is 9.35 Å². The molecule has 1 aliphatic heterocycles. The second kappa shape index (κ2) is 47.1. The molecule has 404 valence electrons. The van der Waals surface area contributed by atoms with Crippen LogP contribution in [0, 0.1) is 0 Å². The Hall–Kier alpha value is -1.94. The fourth-order valence-electron chi connectivity index (χ4n) is 8.44. The summed E-state index contributed by atoms with van der Waals surface area (Å²) in [6.45, 7) is 3.99. The molecule has 0 aromatic heterocycles. The third-order valence-electron chi connectivity index (χ3n) is 12.7. The van der Waals surface area contributed by atoms with E-state index >= 15 is 0 Å². The van der Waals surface area contributed by atoms with Crippen molar-refractivity contribution in [3.63, 3.8) is 0 Å². The van der Waals surface area contributed by atoms with Gasteiger partial charge in [0.2, 0.25) is 0 Å². The van der Waals surface area contributed by atoms with Gasteiger partial charge in [0.15, 0.2) is 6.29 Å². The van der Waals surface area contributed by atoms with Crippen LogP contribution in [0.15, 0.2) is 48.6 Å². The molecule has 0 spiro atoms. The zero-order chi connectivity index (χ0) is 50.3. The van der Waals surface area contributed by atoms with E-state index in [2.05, 4.69) is 66.6 Å². The van der Waals surface area contributed by atoms with Gasteiger partial charge in [0.25, 0.3) is 0 Å².